The molecule has 1 saturated heterocycles. The van der Waals surface area contributed by atoms with Crippen LogP contribution in [0.5, 0.6) is 0 Å². The molecule has 0 saturated carbocycles. The second-order valence-corrected chi connectivity index (χ2v) is 6.49. The summed E-state index contributed by atoms with van der Waals surface area (Å²) in [6, 6.07) is 12.7. The maximum absolute atomic E-state index is 4.58. The fraction of sp³-hybridized carbons (Fsp3) is 0.368. The monoisotopic (exact) mass is 321 g/mol. The normalized spacial score (nSPS) is 16.0. The van der Waals surface area contributed by atoms with Gasteiger partial charge in [-0.3, -0.25) is 9.30 Å². The Kier molecular flexibility index (Phi) is 3.94. The van der Waals surface area contributed by atoms with Crippen molar-refractivity contribution in [1.29, 1.82) is 0 Å². The lowest BCUT2D eigenvalue weighted by molar-refractivity contribution is 0.246. The third-order valence-corrected chi connectivity index (χ3v) is 4.74. The van der Waals surface area contributed by atoms with Gasteiger partial charge in [0.25, 0.3) is 0 Å². The van der Waals surface area contributed by atoms with E-state index in [0.29, 0.717) is 0 Å². The Hall–Kier alpha value is -2.40. The molecule has 0 spiro atoms. The van der Waals surface area contributed by atoms with Crippen LogP contribution in [-0.4, -0.2) is 45.4 Å². The van der Waals surface area contributed by atoms with Gasteiger partial charge in [-0.1, -0.05) is 18.2 Å². The van der Waals surface area contributed by atoms with Gasteiger partial charge in [0, 0.05) is 50.2 Å². The molecule has 3 aromatic rings. The van der Waals surface area contributed by atoms with E-state index in [0.717, 1.165) is 49.9 Å². The Balaban J connectivity index is 1.46. The smallest absolute Gasteiger partial charge is 0.140 e. The first-order valence-electron chi connectivity index (χ1n) is 8.53. The molecule has 0 aliphatic carbocycles. The van der Waals surface area contributed by atoms with Crippen LogP contribution >= 0.6 is 0 Å². The SMILES string of the molecule is Cc1cc2ncc(CN3CCN(c4ccccc4)CC3)n2c(C)n1. The fourth-order valence-corrected chi connectivity index (χ4v) is 3.55. The van der Waals surface area contributed by atoms with E-state index >= 15 is 0 Å². The fourth-order valence-electron chi connectivity index (χ4n) is 3.55. The largest absolute Gasteiger partial charge is 0.369 e. The quantitative estimate of drug-likeness (QED) is 0.743. The summed E-state index contributed by atoms with van der Waals surface area (Å²) >= 11 is 0. The van der Waals surface area contributed by atoms with Gasteiger partial charge in [-0.25, -0.2) is 9.97 Å². The molecule has 0 N–H and O–H groups in total. The summed E-state index contributed by atoms with van der Waals surface area (Å²) in [7, 11) is 0. The molecule has 3 heterocycles. The summed E-state index contributed by atoms with van der Waals surface area (Å²) in [5.41, 5.74) is 4.57. The summed E-state index contributed by atoms with van der Waals surface area (Å²) in [6.07, 6.45) is 1.99. The number of imidazole rings is 1. The molecule has 1 aliphatic rings. The highest BCUT2D eigenvalue weighted by Crippen LogP contribution is 2.18. The molecule has 0 unspecified atom stereocenters. The second-order valence-electron chi connectivity index (χ2n) is 6.49. The zero-order chi connectivity index (χ0) is 16.5. The first-order chi connectivity index (χ1) is 11.7. The molecule has 124 valence electrons. The van der Waals surface area contributed by atoms with E-state index in [1.54, 1.807) is 0 Å². The molecule has 24 heavy (non-hydrogen) atoms. The Morgan fingerprint density at radius 2 is 1.75 bits per heavy atom. The summed E-state index contributed by atoms with van der Waals surface area (Å²) in [5.74, 6) is 1.01. The lowest BCUT2D eigenvalue weighted by atomic mass is 10.2. The lowest BCUT2D eigenvalue weighted by Crippen LogP contribution is -2.46. The first-order valence-corrected chi connectivity index (χ1v) is 8.53. The summed E-state index contributed by atoms with van der Waals surface area (Å²) < 4.78 is 2.18. The lowest BCUT2D eigenvalue weighted by Gasteiger charge is -2.36. The van der Waals surface area contributed by atoms with Gasteiger partial charge >= 0.3 is 0 Å². The van der Waals surface area contributed by atoms with E-state index in [1.807, 2.05) is 19.2 Å². The second kappa shape index (κ2) is 6.24. The minimum atomic E-state index is 0.926. The number of nitrogens with zero attached hydrogens (tertiary/aromatic N) is 5. The molecule has 0 amide bonds. The number of para-hydroxylation sites is 1. The molecule has 0 bridgehead atoms. The number of aromatic nitrogens is 3. The number of aryl methyl sites for hydroxylation is 2. The first kappa shape index (κ1) is 15.1. The third-order valence-electron chi connectivity index (χ3n) is 4.74. The van der Waals surface area contributed by atoms with Gasteiger partial charge in [-0.15, -0.1) is 0 Å². The van der Waals surface area contributed by atoms with Crippen molar-refractivity contribution in [3.8, 4) is 0 Å². The van der Waals surface area contributed by atoms with E-state index in [4.69, 9.17) is 0 Å². The Labute approximate surface area is 142 Å². The minimum absolute atomic E-state index is 0.926. The highest BCUT2D eigenvalue weighted by atomic mass is 15.3. The van der Waals surface area contributed by atoms with Crippen molar-refractivity contribution in [2.24, 2.45) is 0 Å². The van der Waals surface area contributed by atoms with Crippen LogP contribution in [0.3, 0.4) is 0 Å². The van der Waals surface area contributed by atoms with Crippen molar-refractivity contribution in [2.45, 2.75) is 20.4 Å². The van der Waals surface area contributed by atoms with Crippen LogP contribution in [0.25, 0.3) is 5.65 Å². The van der Waals surface area contributed by atoms with Crippen LogP contribution in [0.15, 0.2) is 42.6 Å². The number of piperazine rings is 1. The number of fused-ring (bicyclic) bond motifs is 1. The third kappa shape index (κ3) is 2.87. The zero-order valence-corrected chi connectivity index (χ0v) is 14.3. The van der Waals surface area contributed by atoms with Gasteiger partial charge in [-0.05, 0) is 26.0 Å². The summed E-state index contributed by atoms with van der Waals surface area (Å²) in [5, 5.41) is 0. The molecule has 1 aromatic carbocycles. The predicted molar refractivity (Wildman–Crippen MR) is 96.4 cm³/mol. The van der Waals surface area contributed by atoms with E-state index in [9.17, 15) is 0 Å². The van der Waals surface area contributed by atoms with E-state index in [1.165, 1.54) is 11.4 Å². The Morgan fingerprint density at radius 3 is 2.50 bits per heavy atom. The van der Waals surface area contributed by atoms with Gasteiger partial charge < -0.3 is 4.90 Å². The van der Waals surface area contributed by atoms with Crippen LogP contribution in [0.4, 0.5) is 5.69 Å². The molecule has 1 fully saturated rings. The number of hydrogen-bond acceptors (Lipinski definition) is 4. The number of anilines is 1. The van der Waals surface area contributed by atoms with Crippen molar-refractivity contribution in [3.05, 3.63) is 59.8 Å². The molecule has 5 heteroatoms. The van der Waals surface area contributed by atoms with E-state index < -0.39 is 0 Å². The van der Waals surface area contributed by atoms with Crippen LogP contribution in [-0.2, 0) is 6.54 Å². The van der Waals surface area contributed by atoms with Crippen molar-refractivity contribution in [2.75, 3.05) is 31.1 Å². The maximum atomic E-state index is 4.58. The van der Waals surface area contributed by atoms with Crippen molar-refractivity contribution in [3.63, 3.8) is 0 Å². The standard InChI is InChI=1S/C19H23N5/c1-15-12-19-20-13-18(24(19)16(2)21-15)14-22-8-10-23(11-9-22)17-6-4-3-5-7-17/h3-7,12-13H,8-11,14H2,1-2H3. The van der Waals surface area contributed by atoms with Crippen LogP contribution in [0.1, 0.15) is 17.2 Å². The zero-order valence-electron chi connectivity index (χ0n) is 14.3. The van der Waals surface area contributed by atoms with Crippen LogP contribution in [0, 0.1) is 13.8 Å². The summed E-state index contributed by atoms with van der Waals surface area (Å²) in [4.78, 5) is 14.1. The highest BCUT2D eigenvalue weighted by molar-refractivity contribution is 5.46. The molecule has 4 rings (SSSR count). The van der Waals surface area contributed by atoms with Crippen molar-refractivity contribution < 1.29 is 0 Å². The minimum Gasteiger partial charge on any atom is -0.369 e. The molecule has 2 aromatic heterocycles. The molecule has 1 aliphatic heterocycles. The van der Waals surface area contributed by atoms with Crippen LogP contribution in [0.2, 0.25) is 0 Å². The Bertz CT molecular complexity index is 832. The average molecular weight is 321 g/mol. The molecule has 0 radical (unpaired) electrons. The van der Waals surface area contributed by atoms with Crippen LogP contribution < -0.4 is 4.90 Å². The Morgan fingerprint density at radius 1 is 1.00 bits per heavy atom. The van der Waals surface area contributed by atoms with Gasteiger partial charge in [0.1, 0.15) is 11.5 Å². The number of benzene rings is 1. The van der Waals surface area contributed by atoms with Crippen molar-refractivity contribution >= 4 is 11.3 Å². The highest BCUT2D eigenvalue weighted by Gasteiger charge is 2.19. The topological polar surface area (TPSA) is 36.7 Å². The molecule has 0 atom stereocenters. The van der Waals surface area contributed by atoms with Gasteiger partial charge in [0.05, 0.1) is 11.9 Å². The van der Waals surface area contributed by atoms with E-state index in [2.05, 4.69) is 61.4 Å². The predicted octanol–water partition coefficient (Wildman–Crippen LogP) is 2.67. The van der Waals surface area contributed by atoms with Gasteiger partial charge in [0.15, 0.2) is 0 Å². The van der Waals surface area contributed by atoms with E-state index in [-0.39, 0.29) is 0 Å². The summed E-state index contributed by atoms with van der Waals surface area (Å²) in [6.45, 7) is 9.27. The van der Waals surface area contributed by atoms with Crippen molar-refractivity contribution in [1.82, 2.24) is 19.3 Å². The molecular weight excluding hydrogens is 298 g/mol. The van der Waals surface area contributed by atoms with Gasteiger partial charge in [0.2, 0.25) is 0 Å². The maximum Gasteiger partial charge on any atom is 0.140 e. The average Bonchev–Trinajstić information content (AvgIpc) is 2.99. The molecular formula is C19H23N5. The number of rotatable bonds is 3. The molecule has 5 nitrogen and oxygen atoms in total. The van der Waals surface area contributed by atoms with Gasteiger partial charge in [-0.2, -0.15) is 0 Å². The number of hydrogen-bond donors (Lipinski definition) is 0.